The molecule has 1 heterocycles. The molecule has 8 heteroatoms. The largest absolute Gasteiger partial charge is 0.453 e. The molecule has 3 nitrogen and oxygen atoms in total. The van der Waals surface area contributed by atoms with E-state index < -0.39 is 30.7 Å². The molecule has 0 aromatic carbocycles. The maximum Gasteiger partial charge on any atom is 0.453 e. The zero-order chi connectivity index (χ0) is 11.0. The third-order valence-electron chi connectivity index (χ3n) is 1.65. The average Bonchev–Trinajstić information content (AvgIpc) is 2.31. The molecule has 1 N–H and O–H groups in total. The van der Waals surface area contributed by atoms with E-state index in [4.69, 9.17) is 0 Å². The number of rotatable bonds is 2. The standard InChI is InChI=1S/C6H6F5NO2/c7-5(8,6(9,10)11)1-3-2-12-4(13)14-3/h3H,1-2H2,(H,12,13). The Balaban J connectivity index is 2.55. The van der Waals surface area contributed by atoms with Gasteiger partial charge < -0.3 is 10.1 Å². The quantitative estimate of drug-likeness (QED) is 0.717. The van der Waals surface area contributed by atoms with Crippen LogP contribution in [-0.2, 0) is 4.74 Å². The summed E-state index contributed by atoms with van der Waals surface area (Å²) in [6.45, 7) is -0.329. The second-order valence-electron chi connectivity index (χ2n) is 2.81. The van der Waals surface area contributed by atoms with Gasteiger partial charge in [0.05, 0.1) is 13.0 Å². The van der Waals surface area contributed by atoms with Crippen molar-refractivity contribution in [3.63, 3.8) is 0 Å². The number of alkyl halides is 5. The summed E-state index contributed by atoms with van der Waals surface area (Å²) >= 11 is 0. The van der Waals surface area contributed by atoms with Crippen molar-refractivity contribution in [2.75, 3.05) is 6.54 Å². The smallest absolute Gasteiger partial charge is 0.444 e. The van der Waals surface area contributed by atoms with Crippen molar-refractivity contribution in [2.45, 2.75) is 24.6 Å². The molecule has 1 aliphatic heterocycles. The molecule has 1 fully saturated rings. The molecule has 1 atom stereocenters. The minimum absolute atomic E-state index is 0.329. The van der Waals surface area contributed by atoms with Gasteiger partial charge in [0.15, 0.2) is 0 Å². The average molecular weight is 219 g/mol. The van der Waals surface area contributed by atoms with E-state index in [0.29, 0.717) is 0 Å². The number of cyclic esters (lactones) is 1. The summed E-state index contributed by atoms with van der Waals surface area (Å²) in [6.07, 6.45) is -9.57. The van der Waals surface area contributed by atoms with Crippen molar-refractivity contribution >= 4 is 6.09 Å². The Morgan fingerprint density at radius 1 is 1.36 bits per heavy atom. The third kappa shape index (κ3) is 2.24. The molecule has 0 aromatic heterocycles. The van der Waals surface area contributed by atoms with E-state index in [1.807, 2.05) is 5.32 Å². The molecule has 0 aromatic rings. The van der Waals surface area contributed by atoms with Crippen LogP contribution in [0.25, 0.3) is 0 Å². The van der Waals surface area contributed by atoms with Gasteiger partial charge in [-0.1, -0.05) is 0 Å². The Morgan fingerprint density at radius 2 is 1.93 bits per heavy atom. The van der Waals surface area contributed by atoms with E-state index in [0.717, 1.165) is 0 Å². The van der Waals surface area contributed by atoms with E-state index in [9.17, 15) is 26.7 Å². The van der Waals surface area contributed by atoms with Gasteiger partial charge in [-0.25, -0.2) is 4.79 Å². The highest BCUT2D eigenvalue weighted by atomic mass is 19.4. The van der Waals surface area contributed by atoms with Crippen LogP contribution in [-0.4, -0.2) is 30.8 Å². The predicted molar refractivity (Wildman–Crippen MR) is 33.9 cm³/mol. The first-order valence-electron chi connectivity index (χ1n) is 3.61. The molecular weight excluding hydrogens is 213 g/mol. The Labute approximate surface area is 75.2 Å². The fourth-order valence-corrected chi connectivity index (χ4v) is 0.947. The fraction of sp³-hybridized carbons (Fsp3) is 0.833. The number of ether oxygens (including phenoxy) is 1. The molecule has 0 saturated carbocycles. The van der Waals surface area contributed by atoms with Gasteiger partial charge in [-0.2, -0.15) is 22.0 Å². The Bertz CT molecular complexity index is 239. The monoisotopic (exact) mass is 219 g/mol. The molecule has 14 heavy (non-hydrogen) atoms. The second kappa shape index (κ2) is 3.25. The zero-order valence-electron chi connectivity index (χ0n) is 6.70. The third-order valence-corrected chi connectivity index (χ3v) is 1.65. The van der Waals surface area contributed by atoms with Crippen molar-refractivity contribution in [1.82, 2.24) is 5.32 Å². The molecular formula is C6H6F5NO2. The summed E-state index contributed by atoms with van der Waals surface area (Å²) in [5.74, 6) is -4.83. The maximum absolute atomic E-state index is 12.4. The van der Waals surface area contributed by atoms with Crippen LogP contribution in [0.4, 0.5) is 26.7 Å². The number of carbonyl (C=O) groups is 1. The highest BCUT2D eigenvalue weighted by Crippen LogP contribution is 2.39. The Morgan fingerprint density at radius 3 is 2.29 bits per heavy atom. The predicted octanol–water partition coefficient (Wildman–Crippen LogP) is 1.68. The fourth-order valence-electron chi connectivity index (χ4n) is 0.947. The number of carbonyl (C=O) groups excluding carboxylic acids is 1. The first kappa shape index (κ1) is 11.0. The van der Waals surface area contributed by atoms with Crippen LogP contribution in [0.15, 0.2) is 0 Å². The molecule has 82 valence electrons. The van der Waals surface area contributed by atoms with Crippen molar-refractivity contribution in [3.05, 3.63) is 0 Å². The van der Waals surface area contributed by atoms with E-state index in [1.54, 1.807) is 0 Å². The van der Waals surface area contributed by atoms with E-state index >= 15 is 0 Å². The molecule has 1 rings (SSSR count). The molecule has 1 unspecified atom stereocenters. The van der Waals surface area contributed by atoms with E-state index in [1.165, 1.54) is 0 Å². The number of alkyl carbamates (subject to hydrolysis) is 1. The van der Waals surface area contributed by atoms with Crippen LogP contribution in [0.3, 0.4) is 0 Å². The lowest BCUT2D eigenvalue weighted by atomic mass is 10.1. The molecule has 1 aliphatic rings. The summed E-state index contributed by atoms with van der Waals surface area (Å²) in [6, 6.07) is 0. The summed E-state index contributed by atoms with van der Waals surface area (Å²) in [4.78, 5) is 10.3. The van der Waals surface area contributed by atoms with Gasteiger partial charge in [0.25, 0.3) is 0 Å². The maximum atomic E-state index is 12.4. The van der Waals surface area contributed by atoms with Crippen molar-refractivity contribution in [2.24, 2.45) is 0 Å². The molecule has 1 saturated heterocycles. The highest BCUT2D eigenvalue weighted by Gasteiger charge is 2.58. The van der Waals surface area contributed by atoms with Crippen LogP contribution in [0, 0.1) is 0 Å². The van der Waals surface area contributed by atoms with Gasteiger partial charge in [0.1, 0.15) is 6.10 Å². The van der Waals surface area contributed by atoms with E-state index in [-0.39, 0.29) is 6.54 Å². The van der Waals surface area contributed by atoms with Gasteiger partial charge in [0.2, 0.25) is 0 Å². The summed E-state index contributed by atoms with van der Waals surface area (Å²) in [7, 11) is 0. The topological polar surface area (TPSA) is 38.3 Å². The van der Waals surface area contributed by atoms with Gasteiger partial charge in [-0.3, -0.25) is 0 Å². The van der Waals surface area contributed by atoms with Crippen LogP contribution in [0.2, 0.25) is 0 Å². The van der Waals surface area contributed by atoms with Gasteiger partial charge >= 0.3 is 18.2 Å². The molecule has 0 bridgehead atoms. The minimum atomic E-state index is -5.61. The minimum Gasteiger partial charge on any atom is -0.444 e. The molecule has 0 aliphatic carbocycles. The number of hydrogen-bond acceptors (Lipinski definition) is 2. The normalized spacial score (nSPS) is 23.2. The lowest BCUT2D eigenvalue weighted by Gasteiger charge is -2.21. The highest BCUT2D eigenvalue weighted by molar-refractivity contribution is 5.69. The van der Waals surface area contributed by atoms with Crippen LogP contribution < -0.4 is 5.32 Å². The second-order valence-corrected chi connectivity index (χ2v) is 2.81. The van der Waals surface area contributed by atoms with E-state index in [2.05, 4.69) is 4.74 Å². The number of amides is 1. The zero-order valence-corrected chi connectivity index (χ0v) is 6.70. The van der Waals surface area contributed by atoms with Gasteiger partial charge in [-0.15, -0.1) is 0 Å². The van der Waals surface area contributed by atoms with Crippen LogP contribution in [0.5, 0.6) is 0 Å². The number of nitrogens with one attached hydrogen (secondary N) is 1. The van der Waals surface area contributed by atoms with Gasteiger partial charge in [-0.05, 0) is 0 Å². The summed E-state index contributed by atoms with van der Waals surface area (Å²) in [5.41, 5.74) is 0. The SMILES string of the molecule is O=C1NCC(CC(F)(F)C(F)(F)F)O1. The first-order valence-corrected chi connectivity index (χ1v) is 3.61. The lowest BCUT2D eigenvalue weighted by molar-refractivity contribution is -0.289. The number of hydrogen-bond donors (Lipinski definition) is 1. The first-order chi connectivity index (χ1) is 6.22. The van der Waals surface area contributed by atoms with Crippen molar-refractivity contribution in [3.8, 4) is 0 Å². The molecule has 0 spiro atoms. The van der Waals surface area contributed by atoms with Crippen molar-refractivity contribution < 1.29 is 31.5 Å². The van der Waals surface area contributed by atoms with Crippen molar-refractivity contribution in [1.29, 1.82) is 0 Å². The van der Waals surface area contributed by atoms with Crippen LogP contribution >= 0.6 is 0 Å². The summed E-state index contributed by atoms with van der Waals surface area (Å²) in [5, 5.41) is 1.98. The Kier molecular flexibility index (Phi) is 2.55. The van der Waals surface area contributed by atoms with Gasteiger partial charge in [0, 0.05) is 0 Å². The lowest BCUT2D eigenvalue weighted by Crippen LogP contribution is -2.40. The number of halogens is 5. The molecule has 1 amide bonds. The Hall–Kier alpha value is -1.08. The molecule has 0 radical (unpaired) electrons. The van der Waals surface area contributed by atoms with Crippen LogP contribution in [0.1, 0.15) is 6.42 Å². The summed E-state index contributed by atoms with van der Waals surface area (Å²) < 4.78 is 63.9.